The fraction of sp³-hybridized carbons (Fsp3) is 0.143. The maximum atomic E-state index is 8.68. The first-order valence-electron chi connectivity index (χ1n) is 5.50. The lowest BCUT2D eigenvalue weighted by Gasteiger charge is -2.13. The highest BCUT2D eigenvalue weighted by atomic mass is 16.5. The van der Waals surface area contributed by atoms with E-state index in [2.05, 4.69) is 4.98 Å². The number of benzene rings is 1. The third-order valence-corrected chi connectivity index (χ3v) is 2.42. The predicted molar refractivity (Wildman–Crippen MR) is 69.8 cm³/mol. The molecule has 1 aromatic heterocycles. The van der Waals surface area contributed by atoms with Gasteiger partial charge in [0.1, 0.15) is 11.8 Å². The minimum absolute atomic E-state index is 0.477. The van der Waals surface area contributed by atoms with E-state index >= 15 is 0 Å². The van der Waals surface area contributed by atoms with Crippen LogP contribution in [0.4, 0.5) is 5.69 Å². The van der Waals surface area contributed by atoms with E-state index in [4.69, 9.17) is 10.00 Å². The van der Waals surface area contributed by atoms with E-state index in [1.54, 1.807) is 12.1 Å². The Kier molecular flexibility index (Phi) is 3.44. The molecular formula is C14H13N3O. The first-order valence-corrected chi connectivity index (χ1v) is 5.50. The van der Waals surface area contributed by atoms with Gasteiger partial charge in [-0.3, -0.25) is 0 Å². The highest BCUT2D eigenvalue weighted by Crippen LogP contribution is 2.23. The van der Waals surface area contributed by atoms with Crippen LogP contribution in [-0.4, -0.2) is 19.1 Å². The fourth-order valence-corrected chi connectivity index (χ4v) is 1.45. The van der Waals surface area contributed by atoms with Crippen molar-refractivity contribution >= 4 is 5.69 Å². The van der Waals surface area contributed by atoms with Gasteiger partial charge >= 0.3 is 0 Å². The van der Waals surface area contributed by atoms with Gasteiger partial charge in [0.25, 0.3) is 0 Å². The van der Waals surface area contributed by atoms with E-state index < -0.39 is 0 Å². The van der Waals surface area contributed by atoms with Gasteiger partial charge in [0.2, 0.25) is 5.88 Å². The average Bonchev–Trinajstić information content (AvgIpc) is 2.40. The summed E-state index contributed by atoms with van der Waals surface area (Å²) in [6.45, 7) is 0. The smallest absolute Gasteiger partial charge is 0.219 e. The van der Waals surface area contributed by atoms with Crippen molar-refractivity contribution in [2.45, 2.75) is 0 Å². The van der Waals surface area contributed by atoms with Gasteiger partial charge in [-0.25, -0.2) is 4.98 Å². The van der Waals surface area contributed by atoms with Crippen LogP contribution in [0.1, 0.15) is 5.56 Å². The van der Waals surface area contributed by atoms with Crippen LogP contribution in [0.3, 0.4) is 0 Å². The van der Waals surface area contributed by atoms with Gasteiger partial charge in [-0.15, -0.1) is 0 Å². The van der Waals surface area contributed by atoms with Gasteiger partial charge in [-0.2, -0.15) is 5.26 Å². The molecule has 0 spiro atoms. The minimum Gasteiger partial charge on any atom is -0.439 e. The molecule has 4 nitrogen and oxygen atoms in total. The van der Waals surface area contributed by atoms with Crippen molar-refractivity contribution in [2.24, 2.45) is 0 Å². The summed E-state index contributed by atoms with van der Waals surface area (Å²) in [6.07, 6.45) is 1.49. The summed E-state index contributed by atoms with van der Waals surface area (Å²) in [5.74, 6) is 1.20. The van der Waals surface area contributed by atoms with E-state index in [0.29, 0.717) is 11.4 Å². The third kappa shape index (κ3) is 2.77. The second-order valence-electron chi connectivity index (χ2n) is 3.99. The fourth-order valence-electron chi connectivity index (χ4n) is 1.45. The number of rotatable bonds is 3. The Morgan fingerprint density at radius 2 is 2.06 bits per heavy atom. The van der Waals surface area contributed by atoms with Crippen LogP contribution in [-0.2, 0) is 0 Å². The minimum atomic E-state index is 0.477. The Labute approximate surface area is 106 Å². The van der Waals surface area contributed by atoms with E-state index in [1.165, 1.54) is 6.20 Å². The van der Waals surface area contributed by atoms with Crippen molar-refractivity contribution in [3.63, 3.8) is 0 Å². The van der Waals surface area contributed by atoms with Crippen molar-refractivity contribution in [2.75, 3.05) is 19.0 Å². The van der Waals surface area contributed by atoms with Crippen molar-refractivity contribution in [3.8, 4) is 17.7 Å². The number of ether oxygens (including phenoxy) is 1. The maximum absolute atomic E-state index is 8.68. The quantitative estimate of drug-likeness (QED) is 0.826. The number of aromatic nitrogens is 1. The molecule has 2 rings (SSSR count). The molecule has 90 valence electrons. The highest BCUT2D eigenvalue weighted by Gasteiger charge is 2.01. The normalized spacial score (nSPS) is 9.61. The molecule has 0 radical (unpaired) electrons. The Bertz CT molecular complexity index is 570. The molecule has 0 atom stereocenters. The summed E-state index contributed by atoms with van der Waals surface area (Å²) in [6, 6.07) is 13.1. The molecule has 0 aliphatic heterocycles. The molecule has 0 bridgehead atoms. The van der Waals surface area contributed by atoms with Gasteiger partial charge < -0.3 is 9.64 Å². The number of nitrogens with zero attached hydrogens (tertiary/aromatic N) is 3. The van der Waals surface area contributed by atoms with Crippen LogP contribution in [0.15, 0.2) is 42.6 Å². The summed E-state index contributed by atoms with van der Waals surface area (Å²) in [5, 5.41) is 8.68. The summed E-state index contributed by atoms with van der Waals surface area (Å²) in [5.41, 5.74) is 1.57. The molecule has 0 amide bonds. The molecule has 2 aromatic rings. The number of hydrogen-bond acceptors (Lipinski definition) is 4. The van der Waals surface area contributed by atoms with Crippen molar-refractivity contribution in [1.29, 1.82) is 5.26 Å². The first-order chi connectivity index (χ1) is 8.69. The summed E-state index contributed by atoms with van der Waals surface area (Å²) in [4.78, 5) is 6.06. The molecule has 1 heterocycles. The van der Waals surface area contributed by atoms with E-state index in [-0.39, 0.29) is 0 Å². The van der Waals surface area contributed by atoms with Crippen molar-refractivity contribution in [1.82, 2.24) is 4.98 Å². The summed E-state index contributed by atoms with van der Waals surface area (Å²) >= 11 is 0. The lowest BCUT2D eigenvalue weighted by Crippen LogP contribution is -2.08. The third-order valence-electron chi connectivity index (χ3n) is 2.42. The summed E-state index contributed by atoms with van der Waals surface area (Å²) in [7, 11) is 3.94. The van der Waals surface area contributed by atoms with Crippen LogP contribution in [0.5, 0.6) is 11.6 Å². The molecule has 18 heavy (non-hydrogen) atoms. The van der Waals surface area contributed by atoms with Crippen molar-refractivity contribution in [3.05, 3.63) is 48.2 Å². The van der Waals surface area contributed by atoms with Gasteiger partial charge in [0, 0.05) is 38.1 Å². The zero-order valence-corrected chi connectivity index (χ0v) is 10.3. The molecule has 0 aliphatic rings. The molecule has 1 aromatic carbocycles. The van der Waals surface area contributed by atoms with E-state index in [1.807, 2.05) is 49.3 Å². The van der Waals surface area contributed by atoms with Crippen LogP contribution in [0, 0.1) is 11.3 Å². The van der Waals surface area contributed by atoms with Crippen molar-refractivity contribution < 1.29 is 4.74 Å². The maximum Gasteiger partial charge on any atom is 0.219 e. The van der Waals surface area contributed by atoms with Gasteiger partial charge in [0.15, 0.2) is 0 Å². The first kappa shape index (κ1) is 11.9. The van der Waals surface area contributed by atoms with Gasteiger partial charge in [0.05, 0.1) is 5.56 Å². The number of pyridine rings is 1. The molecule has 0 saturated carbocycles. The van der Waals surface area contributed by atoms with E-state index in [9.17, 15) is 0 Å². The van der Waals surface area contributed by atoms with Crippen LogP contribution in [0.25, 0.3) is 0 Å². The lowest BCUT2D eigenvalue weighted by molar-refractivity contribution is 0.463. The molecule has 0 aliphatic carbocycles. The molecule has 0 N–H and O–H groups in total. The standard InChI is InChI=1S/C14H13N3O/c1-17(2)12-4-3-5-13(8-12)18-14-7-6-11(9-15)10-16-14/h3-8,10H,1-2H3. The number of anilines is 1. The van der Waals surface area contributed by atoms with Gasteiger partial charge in [-0.05, 0) is 18.2 Å². The number of nitriles is 1. The SMILES string of the molecule is CN(C)c1cccc(Oc2ccc(C#N)cn2)c1. The Morgan fingerprint density at radius 1 is 1.22 bits per heavy atom. The zero-order chi connectivity index (χ0) is 13.0. The summed E-state index contributed by atoms with van der Waals surface area (Å²) < 4.78 is 5.62. The Morgan fingerprint density at radius 3 is 2.67 bits per heavy atom. The van der Waals surface area contributed by atoms with Crippen LogP contribution < -0.4 is 9.64 Å². The molecule has 0 fully saturated rings. The second kappa shape index (κ2) is 5.19. The predicted octanol–water partition coefficient (Wildman–Crippen LogP) is 2.81. The second-order valence-corrected chi connectivity index (χ2v) is 3.99. The lowest BCUT2D eigenvalue weighted by atomic mass is 10.3. The Balaban J connectivity index is 2.18. The van der Waals surface area contributed by atoms with Crippen LogP contribution >= 0.6 is 0 Å². The van der Waals surface area contributed by atoms with Gasteiger partial charge in [-0.1, -0.05) is 6.07 Å². The molecule has 0 unspecified atom stereocenters. The molecule has 4 heteroatoms. The van der Waals surface area contributed by atoms with Crippen LogP contribution in [0.2, 0.25) is 0 Å². The average molecular weight is 239 g/mol. The monoisotopic (exact) mass is 239 g/mol. The topological polar surface area (TPSA) is 49.1 Å². The highest BCUT2D eigenvalue weighted by molar-refractivity contribution is 5.50. The molecule has 0 saturated heterocycles. The largest absolute Gasteiger partial charge is 0.439 e. The zero-order valence-electron chi connectivity index (χ0n) is 10.3. The van der Waals surface area contributed by atoms with E-state index in [0.717, 1.165) is 11.4 Å². The number of hydrogen-bond donors (Lipinski definition) is 0. The Hall–Kier alpha value is -2.54. The molecular weight excluding hydrogens is 226 g/mol.